The van der Waals surface area contributed by atoms with Crippen LogP contribution < -0.4 is 10.1 Å². The summed E-state index contributed by atoms with van der Waals surface area (Å²) >= 11 is 1.45. The maximum absolute atomic E-state index is 13.3. The van der Waals surface area contributed by atoms with Crippen molar-refractivity contribution in [3.63, 3.8) is 0 Å². The maximum Gasteiger partial charge on any atom is 0.278 e. The largest absolute Gasteiger partial charge is 0.495 e. The van der Waals surface area contributed by atoms with Crippen molar-refractivity contribution in [3.05, 3.63) is 51.8 Å². The van der Waals surface area contributed by atoms with E-state index < -0.39 is 0 Å². The highest BCUT2D eigenvalue weighted by atomic mass is 32.1. The molecule has 1 saturated heterocycles. The van der Waals surface area contributed by atoms with Gasteiger partial charge in [0, 0.05) is 31.1 Å². The number of imide groups is 1. The Kier molecular flexibility index (Phi) is 6.70. The SMILES string of the molecule is COc1ccc(C)cc1NC1=C(c2cccs2)C(=O)N(CCCN2CCOCC2)C1=O. The number of hydrogen-bond acceptors (Lipinski definition) is 7. The first kappa shape index (κ1) is 21.5. The first-order valence-corrected chi connectivity index (χ1v) is 11.3. The molecule has 0 spiro atoms. The van der Waals surface area contributed by atoms with Crippen LogP contribution in [-0.4, -0.2) is 68.1 Å². The summed E-state index contributed by atoms with van der Waals surface area (Å²) < 4.78 is 10.8. The third-order valence-electron chi connectivity index (χ3n) is 5.51. The number of hydrogen-bond donors (Lipinski definition) is 1. The monoisotopic (exact) mass is 441 g/mol. The average molecular weight is 442 g/mol. The summed E-state index contributed by atoms with van der Waals surface area (Å²) in [6, 6.07) is 9.47. The standard InChI is InChI=1S/C23H27N3O4S/c1-16-6-7-18(29-2)17(15-16)24-21-20(19-5-3-14-31-19)22(27)26(23(21)28)9-4-8-25-10-12-30-13-11-25/h3,5-7,14-15,24H,4,8-13H2,1-2H3. The molecule has 1 aromatic carbocycles. The van der Waals surface area contributed by atoms with Crippen molar-refractivity contribution in [3.8, 4) is 5.75 Å². The zero-order valence-electron chi connectivity index (χ0n) is 17.8. The van der Waals surface area contributed by atoms with Crippen molar-refractivity contribution in [2.24, 2.45) is 0 Å². The molecule has 2 amide bonds. The van der Waals surface area contributed by atoms with E-state index in [2.05, 4.69) is 10.2 Å². The van der Waals surface area contributed by atoms with Crippen LogP contribution in [-0.2, 0) is 14.3 Å². The number of ether oxygens (including phenoxy) is 2. The molecule has 7 nitrogen and oxygen atoms in total. The van der Waals surface area contributed by atoms with Gasteiger partial charge in [0.1, 0.15) is 11.4 Å². The van der Waals surface area contributed by atoms with Crippen LogP contribution in [0.15, 0.2) is 41.4 Å². The minimum Gasteiger partial charge on any atom is -0.495 e. The fraction of sp³-hybridized carbons (Fsp3) is 0.391. The third-order valence-corrected chi connectivity index (χ3v) is 6.40. The molecular weight excluding hydrogens is 414 g/mol. The lowest BCUT2D eigenvalue weighted by atomic mass is 10.1. The lowest BCUT2D eigenvalue weighted by Crippen LogP contribution is -2.39. The molecule has 3 heterocycles. The van der Waals surface area contributed by atoms with Crippen LogP contribution in [0.3, 0.4) is 0 Å². The van der Waals surface area contributed by atoms with E-state index in [0.717, 1.165) is 49.7 Å². The van der Waals surface area contributed by atoms with Gasteiger partial charge >= 0.3 is 0 Å². The number of carbonyl (C=O) groups is 2. The Morgan fingerprint density at radius 3 is 2.65 bits per heavy atom. The molecule has 2 aliphatic rings. The fourth-order valence-electron chi connectivity index (χ4n) is 3.88. The number of thiophene rings is 1. The minimum absolute atomic E-state index is 0.247. The second-order valence-electron chi connectivity index (χ2n) is 7.63. The summed E-state index contributed by atoms with van der Waals surface area (Å²) in [6.45, 7) is 6.44. The van der Waals surface area contributed by atoms with Gasteiger partial charge in [0.2, 0.25) is 0 Å². The van der Waals surface area contributed by atoms with Gasteiger partial charge in [-0.25, -0.2) is 0 Å². The number of benzene rings is 1. The third kappa shape index (κ3) is 4.66. The van der Waals surface area contributed by atoms with E-state index >= 15 is 0 Å². The Hall–Kier alpha value is -2.68. The predicted molar refractivity (Wildman–Crippen MR) is 121 cm³/mol. The molecule has 2 aliphatic heterocycles. The molecule has 0 unspecified atom stereocenters. The van der Waals surface area contributed by atoms with Gasteiger partial charge in [-0.15, -0.1) is 11.3 Å². The van der Waals surface area contributed by atoms with E-state index in [1.165, 1.54) is 16.2 Å². The Bertz CT molecular complexity index is 981. The van der Waals surface area contributed by atoms with Crippen LogP contribution >= 0.6 is 11.3 Å². The lowest BCUT2D eigenvalue weighted by molar-refractivity contribution is -0.136. The highest BCUT2D eigenvalue weighted by molar-refractivity contribution is 7.11. The van der Waals surface area contributed by atoms with Crippen molar-refractivity contribution in [2.75, 3.05) is 51.8 Å². The number of anilines is 1. The highest BCUT2D eigenvalue weighted by Crippen LogP contribution is 2.35. The Morgan fingerprint density at radius 2 is 1.94 bits per heavy atom. The smallest absolute Gasteiger partial charge is 0.278 e. The molecule has 0 radical (unpaired) electrons. The van der Waals surface area contributed by atoms with Crippen LogP contribution in [0, 0.1) is 6.92 Å². The second kappa shape index (κ2) is 9.64. The fourth-order valence-corrected chi connectivity index (χ4v) is 4.64. The number of aryl methyl sites for hydroxylation is 1. The number of nitrogens with zero attached hydrogens (tertiary/aromatic N) is 2. The number of amides is 2. The molecule has 1 aromatic heterocycles. The lowest BCUT2D eigenvalue weighted by Gasteiger charge is -2.27. The van der Waals surface area contributed by atoms with Crippen molar-refractivity contribution in [1.82, 2.24) is 9.80 Å². The maximum atomic E-state index is 13.3. The predicted octanol–water partition coefficient (Wildman–Crippen LogP) is 2.98. The molecule has 164 valence electrons. The van der Waals surface area contributed by atoms with E-state index in [-0.39, 0.29) is 11.8 Å². The van der Waals surface area contributed by atoms with Gasteiger partial charge in [0.05, 0.1) is 31.6 Å². The summed E-state index contributed by atoms with van der Waals surface area (Å²) in [6.07, 6.45) is 0.732. The van der Waals surface area contributed by atoms with Gasteiger partial charge in [-0.2, -0.15) is 0 Å². The second-order valence-corrected chi connectivity index (χ2v) is 8.57. The van der Waals surface area contributed by atoms with Gasteiger partial charge in [-0.1, -0.05) is 12.1 Å². The van der Waals surface area contributed by atoms with E-state index in [9.17, 15) is 9.59 Å². The molecule has 0 saturated carbocycles. The normalized spacial score (nSPS) is 17.5. The van der Waals surface area contributed by atoms with Crippen molar-refractivity contribution in [1.29, 1.82) is 0 Å². The van der Waals surface area contributed by atoms with Gasteiger partial charge in [0.15, 0.2) is 0 Å². The van der Waals surface area contributed by atoms with Crippen LogP contribution in [0.5, 0.6) is 5.75 Å². The summed E-state index contributed by atoms with van der Waals surface area (Å²) in [5, 5.41) is 5.12. The van der Waals surface area contributed by atoms with E-state index in [1.54, 1.807) is 7.11 Å². The van der Waals surface area contributed by atoms with Crippen LogP contribution in [0.1, 0.15) is 16.9 Å². The van der Waals surface area contributed by atoms with Crippen LogP contribution in [0.25, 0.3) is 5.57 Å². The zero-order chi connectivity index (χ0) is 21.8. The first-order chi connectivity index (χ1) is 15.1. The quantitative estimate of drug-likeness (QED) is 0.635. The van der Waals surface area contributed by atoms with Gasteiger partial charge in [0.25, 0.3) is 11.8 Å². The number of carbonyl (C=O) groups excluding carboxylic acids is 2. The summed E-state index contributed by atoms with van der Waals surface area (Å²) in [5.74, 6) is 0.0807. The summed E-state index contributed by atoms with van der Waals surface area (Å²) in [5.41, 5.74) is 2.43. The molecule has 4 rings (SSSR count). The molecule has 8 heteroatoms. The average Bonchev–Trinajstić information content (AvgIpc) is 3.37. The molecule has 0 aliphatic carbocycles. The molecule has 1 N–H and O–H groups in total. The van der Waals surface area contributed by atoms with E-state index in [4.69, 9.17) is 9.47 Å². The number of methoxy groups -OCH3 is 1. The molecule has 31 heavy (non-hydrogen) atoms. The zero-order valence-corrected chi connectivity index (χ0v) is 18.7. The molecule has 0 atom stereocenters. The number of morpholine rings is 1. The molecule has 1 fully saturated rings. The molecular formula is C23H27N3O4S. The highest BCUT2D eigenvalue weighted by Gasteiger charge is 2.39. The Labute approximate surface area is 186 Å². The number of rotatable bonds is 8. The van der Waals surface area contributed by atoms with Gasteiger partial charge < -0.3 is 14.8 Å². The van der Waals surface area contributed by atoms with Gasteiger partial charge in [-0.3, -0.25) is 19.4 Å². The summed E-state index contributed by atoms with van der Waals surface area (Å²) in [7, 11) is 1.59. The number of nitrogens with one attached hydrogen (secondary N) is 1. The van der Waals surface area contributed by atoms with Crippen molar-refractivity contribution < 1.29 is 19.1 Å². The van der Waals surface area contributed by atoms with Crippen LogP contribution in [0.2, 0.25) is 0 Å². The summed E-state index contributed by atoms with van der Waals surface area (Å²) in [4.78, 5) is 31.0. The molecule has 2 aromatic rings. The topological polar surface area (TPSA) is 71.1 Å². The Balaban J connectivity index is 1.56. The van der Waals surface area contributed by atoms with E-state index in [0.29, 0.717) is 29.3 Å². The first-order valence-electron chi connectivity index (χ1n) is 10.4. The van der Waals surface area contributed by atoms with E-state index in [1.807, 2.05) is 42.6 Å². The minimum atomic E-state index is -0.293. The molecule has 0 bridgehead atoms. The van der Waals surface area contributed by atoms with Crippen molar-refractivity contribution in [2.45, 2.75) is 13.3 Å². The van der Waals surface area contributed by atoms with Crippen LogP contribution in [0.4, 0.5) is 5.69 Å². The van der Waals surface area contributed by atoms with Gasteiger partial charge in [-0.05, 0) is 42.5 Å². The Morgan fingerprint density at radius 1 is 1.13 bits per heavy atom. The van der Waals surface area contributed by atoms with Crippen molar-refractivity contribution >= 4 is 34.4 Å².